The van der Waals surface area contributed by atoms with E-state index in [1.807, 2.05) is 26.0 Å². The number of nitrogens with zero attached hydrogens (tertiary/aromatic N) is 3. The van der Waals surface area contributed by atoms with Gasteiger partial charge in [0.2, 0.25) is 0 Å². The summed E-state index contributed by atoms with van der Waals surface area (Å²) in [5, 5.41) is 3.32. The van der Waals surface area contributed by atoms with E-state index in [1.54, 1.807) is 6.26 Å². The standard InChI is InChI=1S/C16H24N4O/c1-5-7-17-15-9-12(2)18-16(19-15)11-20(4)10-14-6-8-21-13(14)3/h6,8-9H,5,7,10-11H2,1-4H3,(H,17,18,19). The molecule has 5 nitrogen and oxygen atoms in total. The minimum atomic E-state index is 0.715. The van der Waals surface area contributed by atoms with Gasteiger partial charge >= 0.3 is 0 Å². The first-order valence-corrected chi connectivity index (χ1v) is 7.38. The van der Waals surface area contributed by atoms with Crippen LogP contribution >= 0.6 is 0 Å². The van der Waals surface area contributed by atoms with Gasteiger partial charge in [0, 0.05) is 30.4 Å². The lowest BCUT2D eigenvalue weighted by Gasteiger charge is -2.16. The van der Waals surface area contributed by atoms with Gasteiger partial charge in [-0.15, -0.1) is 0 Å². The van der Waals surface area contributed by atoms with Crippen LogP contribution in [-0.4, -0.2) is 28.5 Å². The van der Waals surface area contributed by atoms with Crippen molar-refractivity contribution < 1.29 is 4.42 Å². The monoisotopic (exact) mass is 288 g/mol. The molecule has 0 aliphatic rings. The van der Waals surface area contributed by atoms with Gasteiger partial charge in [-0.3, -0.25) is 4.90 Å². The number of aromatic nitrogens is 2. The maximum Gasteiger partial charge on any atom is 0.144 e. The molecule has 0 fully saturated rings. The van der Waals surface area contributed by atoms with Crippen molar-refractivity contribution in [2.45, 2.75) is 40.3 Å². The van der Waals surface area contributed by atoms with Crippen LogP contribution in [0.2, 0.25) is 0 Å². The first-order chi connectivity index (χ1) is 10.1. The van der Waals surface area contributed by atoms with Gasteiger partial charge in [0.25, 0.3) is 0 Å². The molecule has 0 atom stereocenters. The van der Waals surface area contributed by atoms with Gasteiger partial charge < -0.3 is 9.73 Å². The van der Waals surface area contributed by atoms with Crippen LogP contribution in [0.5, 0.6) is 0 Å². The Balaban J connectivity index is 2.01. The SMILES string of the molecule is CCCNc1cc(C)nc(CN(C)Cc2ccoc2C)n1. The summed E-state index contributed by atoms with van der Waals surface area (Å²) in [6, 6.07) is 4.00. The van der Waals surface area contributed by atoms with Crippen LogP contribution in [0.4, 0.5) is 5.82 Å². The first-order valence-electron chi connectivity index (χ1n) is 7.38. The van der Waals surface area contributed by atoms with Crippen molar-refractivity contribution in [3.8, 4) is 0 Å². The third-order valence-corrected chi connectivity index (χ3v) is 3.27. The summed E-state index contributed by atoms with van der Waals surface area (Å²) in [4.78, 5) is 11.3. The number of hydrogen-bond donors (Lipinski definition) is 1. The second-order valence-corrected chi connectivity index (χ2v) is 5.41. The van der Waals surface area contributed by atoms with Crippen LogP contribution in [0.15, 0.2) is 22.8 Å². The van der Waals surface area contributed by atoms with Crippen LogP contribution in [0.25, 0.3) is 0 Å². The third kappa shape index (κ3) is 4.56. The highest BCUT2D eigenvalue weighted by Crippen LogP contribution is 2.13. The van der Waals surface area contributed by atoms with Crippen molar-refractivity contribution in [2.75, 3.05) is 18.9 Å². The van der Waals surface area contributed by atoms with Crippen molar-refractivity contribution in [3.05, 3.63) is 41.2 Å². The second kappa shape index (κ2) is 7.22. The number of aryl methyl sites for hydroxylation is 2. The minimum absolute atomic E-state index is 0.715. The van der Waals surface area contributed by atoms with E-state index in [-0.39, 0.29) is 0 Å². The maximum atomic E-state index is 5.33. The average molecular weight is 288 g/mol. The van der Waals surface area contributed by atoms with E-state index in [0.717, 1.165) is 42.6 Å². The molecular weight excluding hydrogens is 264 g/mol. The Morgan fingerprint density at radius 3 is 2.71 bits per heavy atom. The van der Waals surface area contributed by atoms with Gasteiger partial charge in [-0.2, -0.15) is 0 Å². The molecule has 0 saturated carbocycles. The highest BCUT2D eigenvalue weighted by atomic mass is 16.3. The first kappa shape index (κ1) is 15.5. The van der Waals surface area contributed by atoms with Gasteiger partial charge in [-0.05, 0) is 33.4 Å². The number of furan rings is 1. The van der Waals surface area contributed by atoms with E-state index in [9.17, 15) is 0 Å². The summed E-state index contributed by atoms with van der Waals surface area (Å²) in [6.07, 6.45) is 2.81. The fourth-order valence-corrected chi connectivity index (χ4v) is 2.21. The largest absolute Gasteiger partial charge is 0.469 e. The zero-order valence-corrected chi connectivity index (χ0v) is 13.3. The Morgan fingerprint density at radius 1 is 1.24 bits per heavy atom. The summed E-state index contributed by atoms with van der Waals surface area (Å²) < 4.78 is 5.33. The number of hydrogen-bond acceptors (Lipinski definition) is 5. The van der Waals surface area contributed by atoms with Gasteiger partial charge in [0.1, 0.15) is 17.4 Å². The molecule has 2 heterocycles. The molecule has 0 saturated heterocycles. The van der Waals surface area contributed by atoms with Crippen molar-refractivity contribution in [1.29, 1.82) is 0 Å². The molecule has 0 unspecified atom stereocenters. The van der Waals surface area contributed by atoms with E-state index in [1.165, 1.54) is 5.56 Å². The molecule has 114 valence electrons. The normalized spacial score (nSPS) is 11.1. The topological polar surface area (TPSA) is 54.2 Å². The lowest BCUT2D eigenvalue weighted by molar-refractivity contribution is 0.308. The van der Waals surface area contributed by atoms with Crippen LogP contribution in [0.1, 0.15) is 36.2 Å². The van der Waals surface area contributed by atoms with Crippen LogP contribution in [0.3, 0.4) is 0 Å². The molecule has 0 aliphatic carbocycles. The minimum Gasteiger partial charge on any atom is -0.469 e. The molecule has 0 spiro atoms. The van der Waals surface area contributed by atoms with Crippen molar-refractivity contribution in [2.24, 2.45) is 0 Å². The zero-order valence-electron chi connectivity index (χ0n) is 13.3. The van der Waals surface area contributed by atoms with Gasteiger partial charge in [0.05, 0.1) is 12.8 Å². The van der Waals surface area contributed by atoms with Crippen molar-refractivity contribution >= 4 is 5.82 Å². The molecule has 21 heavy (non-hydrogen) atoms. The summed E-state index contributed by atoms with van der Waals surface area (Å²) >= 11 is 0. The number of nitrogens with one attached hydrogen (secondary N) is 1. The highest BCUT2D eigenvalue weighted by molar-refractivity contribution is 5.35. The summed E-state index contributed by atoms with van der Waals surface area (Å²) in [5.74, 6) is 2.72. The van der Waals surface area contributed by atoms with E-state index in [0.29, 0.717) is 6.54 Å². The molecule has 0 aliphatic heterocycles. The zero-order chi connectivity index (χ0) is 15.2. The predicted molar refractivity (Wildman–Crippen MR) is 84.2 cm³/mol. The molecule has 0 bridgehead atoms. The third-order valence-electron chi connectivity index (χ3n) is 3.27. The quantitative estimate of drug-likeness (QED) is 0.848. The number of rotatable bonds is 7. The summed E-state index contributed by atoms with van der Waals surface area (Å²) in [7, 11) is 2.07. The molecule has 1 N–H and O–H groups in total. The van der Waals surface area contributed by atoms with Crippen LogP contribution in [-0.2, 0) is 13.1 Å². The average Bonchev–Trinajstić information content (AvgIpc) is 2.81. The molecule has 0 aromatic carbocycles. The highest BCUT2D eigenvalue weighted by Gasteiger charge is 2.09. The lowest BCUT2D eigenvalue weighted by atomic mass is 10.2. The Kier molecular flexibility index (Phi) is 5.33. The molecule has 0 radical (unpaired) electrons. The van der Waals surface area contributed by atoms with Gasteiger partial charge in [0.15, 0.2) is 0 Å². The Hall–Kier alpha value is -1.88. The lowest BCUT2D eigenvalue weighted by Crippen LogP contribution is -2.19. The Labute approximate surface area is 126 Å². The predicted octanol–water partition coefficient (Wildman–Crippen LogP) is 3.14. The van der Waals surface area contributed by atoms with Gasteiger partial charge in [-0.1, -0.05) is 6.92 Å². The number of anilines is 1. The fourth-order valence-electron chi connectivity index (χ4n) is 2.21. The van der Waals surface area contributed by atoms with Crippen LogP contribution in [0, 0.1) is 13.8 Å². The molecular formula is C16H24N4O. The van der Waals surface area contributed by atoms with Crippen molar-refractivity contribution in [1.82, 2.24) is 14.9 Å². The second-order valence-electron chi connectivity index (χ2n) is 5.41. The molecule has 2 aromatic heterocycles. The van der Waals surface area contributed by atoms with E-state index >= 15 is 0 Å². The van der Waals surface area contributed by atoms with E-state index in [4.69, 9.17) is 4.42 Å². The van der Waals surface area contributed by atoms with Gasteiger partial charge in [-0.25, -0.2) is 9.97 Å². The van der Waals surface area contributed by atoms with Crippen LogP contribution < -0.4 is 5.32 Å². The molecule has 0 amide bonds. The molecule has 2 rings (SSSR count). The Bertz CT molecular complexity index is 579. The maximum absolute atomic E-state index is 5.33. The molecule has 5 heteroatoms. The fraction of sp³-hybridized carbons (Fsp3) is 0.500. The summed E-state index contributed by atoms with van der Waals surface area (Å²) in [6.45, 7) is 8.61. The van der Waals surface area contributed by atoms with E-state index < -0.39 is 0 Å². The Morgan fingerprint density at radius 2 is 2.05 bits per heavy atom. The van der Waals surface area contributed by atoms with Crippen molar-refractivity contribution in [3.63, 3.8) is 0 Å². The smallest absolute Gasteiger partial charge is 0.144 e. The van der Waals surface area contributed by atoms with E-state index in [2.05, 4.69) is 34.2 Å². The molecule has 2 aromatic rings. The summed E-state index contributed by atoms with van der Waals surface area (Å²) in [5.41, 5.74) is 2.20.